The van der Waals surface area contributed by atoms with Crippen molar-refractivity contribution in [1.82, 2.24) is 0 Å². The number of rotatable bonds is 3. The first-order valence-corrected chi connectivity index (χ1v) is 7.30. The monoisotopic (exact) mass is 267 g/mol. The molecule has 1 saturated carbocycles. The molecule has 0 bridgehead atoms. The zero-order valence-corrected chi connectivity index (χ0v) is 11.4. The van der Waals surface area contributed by atoms with E-state index in [1.54, 1.807) is 0 Å². The smallest absolute Gasteiger partial charge is 0.129 e. The molecule has 0 spiro atoms. The van der Waals surface area contributed by atoms with E-state index < -0.39 is 11.6 Å². The van der Waals surface area contributed by atoms with Gasteiger partial charge in [-0.3, -0.25) is 0 Å². The van der Waals surface area contributed by atoms with E-state index in [0.29, 0.717) is 13.0 Å². The topological polar surface area (TPSA) is 26.0 Å². The lowest BCUT2D eigenvalue weighted by atomic mass is 9.72. The summed E-state index contributed by atoms with van der Waals surface area (Å²) in [7, 11) is 0. The molecule has 0 aliphatic heterocycles. The van der Waals surface area contributed by atoms with Crippen molar-refractivity contribution >= 4 is 0 Å². The summed E-state index contributed by atoms with van der Waals surface area (Å²) in [4.78, 5) is 0. The third-order valence-electron chi connectivity index (χ3n) is 4.46. The number of hydrogen-bond donors (Lipinski definition) is 1. The molecule has 1 fully saturated rings. The SMILES string of the molecule is NCC1(Cc2c(F)cccc2F)CCCCCCC1. The standard InChI is InChI=1S/C16H23F2N/c17-14-7-6-8-15(18)13(14)11-16(12-19)9-4-2-1-3-5-10-16/h6-8H,1-5,9-12,19H2. The fourth-order valence-corrected chi connectivity index (χ4v) is 3.18. The van der Waals surface area contributed by atoms with Crippen LogP contribution >= 0.6 is 0 Å². The van der Waals surface area contributed by atoms with Crippen LogP contribution in [0.1, 0.15) is 50.5 Å². The van der Waals surface area contributed by atoms with Gasteiger partial charge in [0.1, 0.15) is 11.6 Å². The molecule has 106 valence electrons. The van der Waals surface area contributed by atoms with Crippen LogP contribution < -0.4 is 5.73 Å². The molecule has 1 aromatic rings. The van der Waals surface area contributed by atoms with Crippen LogP contribution in [0.5, 0.6) is 0 Å². The molecule has 1 nitrogen and oxygen atoms in total. The molecular weight excluding hydrogens is 244 g/mol. The molecule has 2 rings (SSSR count). The van der Waals surface area contributed by atoms with Gasteiger partial charge in [-0.2, -0.15) is 0 Å². The lowest BCUT2D eigenvalue weighted by Crippen LogP contribution is -2.34. The van der Waals surface area contributed by atoms with Crippen LogP contribution in [0.3, 0.4) is 0 Å². The van der Waals surface area contributed by atoms with Crippen LogP contribution in [-0.2, 0) is 6.42 Å². The second kappa shape index (κ2) is 6.47. The summed E-state index contributed by atoms with van der Waals surface area (Å²) in [6, 6.07) is 4.10. The largest absolute Gasteiger partial charge is 0.330 e. The van der Waals surface area contributed by atoms with E-state index in [0.717, 1.165) is 25.7 Å². The summed E-state index contributed by atoms with van der Waals surface area (Å²) in [6.45, 7) is 0.515. The van der Waals surface area contributed by atoms with Crippen molar-refractivity contribution in [3.8, 4) is 0 Å². The first kappa shape index (κ1) is 14.4. The minimum atomic E-state index is -0.435. The van der Waals surface area contributed by atoms with Gasteiger partial charge in [-0.05, 0) is 43.4 Å². The molecule has 0 heterocycles. The third-order valence-corrected chi connectivity index (χ3v) is 4.46. The van der Waals surface area contributed by atoms with Crippen LogP contribution in [0, 0.1) is 17.0 Å². The second-order valence-electron chi connectivity index (χ2n) is 5.85. The number of halogens is 2. The molecule has 0 unspecified atom stereocenters. The van der Waals surface area contributed by atoms with Crippen LogP contribution in [0.2, 0.25) is 0 Å². The van der Waals surface area contributed by atoms with Crippen molar-refractivity contribution in [3.05, 3.63) is 35.4 Å². The normalized spacial score (nSPS) is 19.7. The Kier molecular flexibility index (Phi) is 4.92. The summed E-state index contributed by atoms with van der Waals surface area (Å²) >= 11 is 0. The molecule has 2 N–H and O–H groups in total. The van der Waals surface area contributed by atoms with Crippen molar-refractivity contribution < 1.29 is 8.78 Å². The average molecular weight is 267 g/mol. The van der Waals surface area contributed by atoms with Gasteiger partial charge in [-0.15, -0.1) is 0 Å². The van der Waals surface area contributed by atoms with Gasteiger partial charge < -0.3 is 5.73 Å². The van der Waals surface area contributed by atoms with Gasteiger partial charge in [0.2, 0.25) is 0 Å². The maximum absolute atomic E-state index is 13.8. The van der Waals surface area contributed by atoms with E-state index in [2.05, 4.69) is 0 Å². The Bertz CT molecular complexity index is 389. The molecule has 0 aromatic heterocycles. The fourth-order valence-electron chi connectivity index (χ4n) is 3.18. The molecule has 0 amide bonds. The van der Waals surface area contributed by atoms with Gasteiger partial charge >= 0.3 is 0 Å². The molecule has 19 heavy (non-hydrogen) atoms. The van der Waals surface area contributed by atoms with Gasteiger partial charge in [0.05, 0.1) is 0 Å². The molecule has 0 atom stereocenters. The lowest BCUT2D eigenvalue weighted by molar-refractivity contribution is 0.212. The molecule has 1 aliphatic rings. The number of nitrogens with two attached hydrogens (primary N) is 1. The minimum absolute atomic E-state index is 0.122. The number of benzene rings is 1. The molecule has 0 radical (unpaired) electrons. The Morgan fingerprint density at radius 1 is 0.947 bits per heavy atom. The summed E-state index contributed by atoms with van der Waals surface area (Å²) in [5.41, 5.74) is 6.06. The summed E-state index contributed by atoms with van der Waals surface area (Å²) < 4.78 is 27.6. The number of hydrogen-bond acceptors (Lipinski definition) is 1. The Balaban J connectivity index is 2.20. The van der Waals surface area contributed by atoms with Crippen LogP contribution in [0.15, 0.2) is 18.2 Å². The highest BCUT2D eigenvalue weighted by Crippen LogP contribution is 2.37. The van der Waals surface area contributed by atoms with Crippen molar-refractivity contribution in [1.29, 1.82) is 0 Å². The Morgan fingerprint density at radius 3 is 2.00 bits per heavy atom. The molecule has 0 saturated heterocycles. The van der Waals surface area contributed by atoms with Crippen molar-refractivity contribution in [2.24, 2.45) is 11.1 Å². The van der Waals surface area contributed by atoms with Gasteiger partial charge in [0.15, 0.2) is 0 Å². The molecule has 3 heteroatoms. The second-order valence-corrected chi connectivity index (χ2v) is 5.85. The van der Waals surface area contributed by atoms with Gasteiger partial charge in [-0.1, -0.05) is 38.2 Å². The van der Waals surface area contributed by atoms with E-state index in [1.165, 1.54) is 37.5 Å². The van der Waals surface area contributed by atoms with E-state index in [9.17, 15) is 8.78 Å². The van der Waals surface area contributed by atoms with E-state index in [4.69, 9.17) is 5.73 Å². The van der Waals surface area contributed by atoms with E-state index in [1.807, 2.05) is 0 Å². The van der Waals surface area contributed by atoms with Crippen molar-refractivity contribution in [2.75, 3.05) is 6.54 Å². The highest BCUT2D eigenvalue weighted by atomic mass is 19.1. The zero-order valence-electron chi connectivity index (χ0n) is 11.4. The highest BCUT2D eigenvalue weighted by molar-refractivity contribution is 5.21. The Labute approximate surface area is 114 Å². The van der Waals surface area contributed by atoms with Gasteiger partial charge in [-0.25, -0.2) is 8.78 Å². The molecule has 1 aromatic carbocycles. The quantitative estimate of drug-likeness (QED) is 0.872. The summed E-state index contributed by atoms with van der Waals surface area (Å²) in [6.07, 6.45) is 8.33. The Hall–Kier alpha value is -0.960. The van der Waals surface area contributed by atoms with Crippen LogP contribution in [0.25, 0.3) is 0 Å². The van der Waals surface area contributed by atoms with E-state index in [-0.39, 0.29) is 11.0 Å². The van der Waals surface area contributed by atoms with E-state index >= 15 is 0 Å². The minimum Gasteiger partial charge on any atom is -0.330 e. The van der Waals surface area contributed by atoms with Crippen molar-refractivity contribution in [2.45, 2.75) is 51.4 Å². The maximum atomic E-state index is 13.8. The molecular formula is C16H23F2N. The van der Waals surface area contributed by atoms with Gasteiger partial charge in [0.25, 0.3) is 0 Å². The predicted molar refractivity (Wildman–Crippen MR) is 73.9 cm³/mol. The first-order valence-electron chi connectivity index (χ1n) is 7.30. The fraction of sp³-hybridized carbons (Fsp3) is 0.625. The lowest BCUT2D eigenvalue weighted by Gasteiger charge is -2.34. The Morgan fingerprint density at radius 2 is 1.47 bits per heavy atom. The maximum Gasteiger partial charge on any atom is 0.129 e. The summed E-state index contributed by atoms with van der Waals surface area (Å²) in [5.74, 6) is -0.871. The van der Waals surface area contributed by atoms with Crippen LogP contribution in [-0.4, -0.2) is 6.54 Å². The third kappa shape index (κ3) is 3.53. The average Bonchev–Trinajstić information content (AvgIpc) is 2.37. The van der Waals surface area contributed by atoms with Crippen molar-refractivity contribution in [3.63, 3.8) is 0 Å². The molecule has 1 aliphatic carbocycles. The predicted octanol–water partition coefficient (Wildman–Crippen LogP) is 4.20. The van der Waals surface area contributed by atoms with Crippen LogP contribution in [0.4, 0.5) is 8.78 Å². The highest BCUT2D eigenvalue weighted by Gasteiger charge is 2.31. The van der Waals surface area contributed by atoms with Gasteiger partial charge in [0, 0.05) is 5.56 Å². The first-order chi connectivity index (χ1) is 9.17. The summed E-state index contributed by atoms with van der Waals surface area (Å²) in [5, 5.41) is 0. The zero-order chi connectivity index (χ0) is 13.7.